The van der Waals surface area contributed by atoms with E-state index >= 15 is 0 Å². The molecule has 5 nitrogen and oxygen atoms in total. The van der Waals surface area contributed by atoms with Crippen molar-refractivity contribution in [3.8, 4) is 0 Å². The zero-order valence-electron chi connectivity index (χ0n) is 11.2. The first-order valence-electron chi connectivity index (χ1n) is 6.26. The van der Waals surface area contributed by atoms with Gasteiger partial charge in [-0.25, -0.2) is 0 Å². The van der Waals surface area contributed by atoms with Crippen LogP contribution in [0.3, 0.4) is 0 Å². The predicted molar refractivity (Wildman–Crippen MR) is 74.2 cm³/mol. The first kappa shape index (κ1) is 16.1. The molecule has 0 amide bonds. The summed E-state index contributed by atoms with van der Waals surface area (Å²) >= 11 is 0. The fourth-order valence-corrected chi connectivity index (χ4v) is 3.20. The van der Waals surface area contributed by atoms with Crippen molar-refractivity contribution in [3.63, 3.8) is 0 Å². The highest BCUT2D eigenvalue weighted by Gasteiger charge is 2.34. The maximum atomic E-state index is 12.4. The lowest BCUT2D eigenvalue weighted by Gasteiger charge is -2.22. The number of benzene rings is 1. The summed E-state index contributed by atoms with van der Waals surface area (Å²) in [6.07, 6.45) is -0.0682. The Kier molecular flexibility index (Phi) is 6.38. The van der Waals surface area contributed by atoms with Crippen molar-refractivity contribution in [2.75, 3.05) is 13.2 Å². The number of rotatable bonds is 8. The molecule has 2 N–H and O–H groups in total. The molecule has 0 aromatic heterocycles. The van der Waals surface area contributed by atoms with Crippen molar-refractivity contribution >= 4 is 13.4 Å². The van der Waals surface area contributed by atoms with Crippen LogP contribution in [0.5, 0.6) is 0 Å². The van der Waals surface area contributed by atoms with Crippen LogP contribution in [-0.4, -0.2) is 24.8 Å². The van der Waals surface area contributed by atoms with Crippen LogP contribution in [0, 0.1) is 0 Å². The molecule has 1 atom stereocenters. The summed E-state index contributed by atoms with van der Waals surface area (Å²) < 4.78 is 22.6. The number of carbonyl (C=O) groups excluding carboxylic acids is 1. The second-order valence-corrected chi connectivity index (χ2v) is 6.20. The van der Waals surface area contributed by atoms with Gasteiger partial charge in [-0.05, 0) is 13.8 Å². The summed E-state index contributed by atoms with van der Waals surface area (Å²) in [6.45, 7) is 3.86. The van der Waals surface area contributed by atoms with Crippen molar-refractivity contribution in [2.24, 2.45) is 5.73 Å². The maximum absolute atomic E-state index is 12.4. The van der Waals surface area contributed by atoms with E-state index in [0.717, 1.165) is 0 Å². The first-order valence-corrected chi connectivity index (χ1v) is 7.87. The Hall–Kier alpha value is -1.00. The van der Waals surface area contributed by atoms with E-state index in [1.165, 1.54) is 0 Å². The Morgan fingerprint density at radius 3 is 2.21 bits per heavy atom. The molecule has 19 heavy (non-hydrogen) atoms. The SMILES string of the molecule is CCOP(=O)(OCC)[C@@H](N)CC(=O)c1ccccc1. The van der Waals surface area contributed by atoms with E-state index in [9.17, 15) is 9.36 Å². The normalized spacial score (nSPS) is 13.2. The van der Waals surface area contributed by atoms with Crippen molar-refractivity contribution in [1.82, 2.24) is 0 Å². The van der Waals surface area contributed by atoms with Gasteiger partial charge in [0.25, 0.3) is 0 Å². The Labute approximate surface area is 113 Å². The summed E-state index contributed by atoms with van der Waals surface area (Å²) in [5, 5.41) is 0. The van der Waals surface area contributed by atoms with Crippen LogP contribution in [0.4, 0.5) is 0 Å². The van der Waals surface area contributed by atoms with Crippen LogP contribution in [0.2, 0.25) is 0 Å². The Balaban J connectivity index is 2.74. The van der Waals surface area contributed by atoms with Gasteiger partial charge in [0.05, 0.1) is 13.2 Å². The second-order valence-electron chi connectivity index (χ2n) is 3.94. The van der Waals surface area contributed by atoms with E-state index in [0.29, 0.717) is 5.56 Å². The third-order valence-corrected chi connectivity index (χ3v) is 4.75. The number of ketones is 1. The topological polar surface area (TPSA) is 78.6 Å². The van der Waals surface area contributed by atoms with Gasteiger partial charge in [-0.1, -0.05) is 30.3 Å². The van der Waals surface area contributed by atoms with Crippen LogP contribution in [0.1, 0.15) is 30.6 Å². The number of carbonyl (C=O) groups is 1. The summed E-state index contributed by atoms with van der Waals surface area (Å²) in [4.78, 5) is 12.0. The highest BCUT2D eigenvalue weighted by Crippen LogP contribution is 2.52. The molecular weight excluding hydrogens is 265 g/mol. The molecule has 1 aromatic rings. The molecule has 0 heterocycles. The van der Waals surface area contributed by atoms with Gasteiger partial charge in [-0.15, -0.1) is 0 Å². The second kappa shape index (κ2) is 7.56. The number of hydrogen-bond donors (Lipinski definition) is 1. The lowest BCUT2D eigenvalue weighted by atomic mass is 10.1. The van der Waals surface area contributed by atoms with Gasteiger partial charge in [0, 0.05) is 12.0 Å². The Morgan fingerprint density at radius 2 is 1.74 bits per heavy atom. The van der Waals surface area contributed by atoms with Gasteiger partial charge in [0.15, 0.2) is 5.78 Å². The molecule has 6 heteroatoms. The fraction of sp³-hybridized carbons (Fsp3) is 0.462. The van der Waals surface area contributed by atoms with Crippen LogP contribution < -0.4 is 5.73 Å². The van der Waals surface area contributed by atoms with Crippen molar-refractivity contribution in [2.45, 2.75) is 26.1 Å². The molecule has 0 saturated heterocycles. The molecule has 1 aromatic carbocycles. The lowest BCUT2D eigenvalue weighted by Crippen LogP contribution is -2.26. The molecule has 0 unspecified atom stereocenters. The minimum absolute atomic E-state index is 0.0682. The van der Waals surface area contributed by atoms with Crippen molar-refractivity contribution in [3.05, 3.63) is 35.9 Å². The van der Waals surface area contributed by atoms with E-state index < -0.39 is 13.4 Å². The number of hydrogen-bond acceptors (Lipinski definition) is 5. The fourth-order valence-electron chi connectivity index (χ4n) is 1.63. The van der Waals surface area contributed by atoms with Crippen LogP contribution in [0.15, 0.2) is 30.3 Å². The Morgan fingerprint density at radius 1 is 1.21 bits per heavy atom. The lowest BCUT2D eigenvalue weighted by molar-refractivity contribution is 0.0974. The summed E-state index contributed by atoms with van der Waals surface area (Å²) in [5.41, 5.74) is 6.37. The summed E-state index contributed by atoms with van der Waals surface area (Å²) in [6, 6.07) is 8.75. The standard InChI is InChI=1S/C13H20NO4P/c1-3-17-19(16,18-4-2)13(14)10-12(15)11-8-6-5-7-9-11/h5-9,13H,3-4,10,14H2,1-2H3/t13-/m1/s1. The molecule has 0 fully saturated rings. The van der Waals surface area contributed by atoms with Crippen molar-refractivity contribution in [1.29, 1.82) is 0 Å². The van der Waals surface area contributed by atoms with Crippen molar-refractivity contribution < 1.29 is 18.4 Å². The Bertz CT molecular complexity index is 439. The van der Waals surface area contributed by atoms with Gasteiger partial charge in [-0.2, -0.15) is 0 Å². The van der Waals surface area contributed by atoms with E-state index in [2.05, 4.69) is 0 Å². The van der Waals surface area contributed by atoms with Gasteiger partial charge in [-0.3, -0.25) is 9.36 Å². The minimum atomic E-state index is -3.43. The van der Waals surface area contributed by atoms with Gasteiger partial charge < -0.3 is 14.8 Å². The molecule has 106 valence electrons. The third kappa shape index (κ3) is 4.55. The van der Waals surface area contributed by atoms with E-state index in [1.54, 1.807) is 38.1 Å². The average molecular weight is 285 g/mol. The van der Waals surface area contributed by atoms with E-state index in [-0.39, 0.29) is 25.4 Å². The highest BCUT2D eigenvalue weighted by atomic mass is 31.2. The average Bonchev–Trinajstić information content (AvgIpc) is 2.40. The molecule has 0 aliphatic rings. The van der Waals surface area contributed by atoms with E-state index in [4.69, 9.17) is 14.8 Å². The maximum Gasteiger partial charge on any atom is 0.347 e. The number of Topliss-reactive ketones (excluding diaryl/α,β-unsaturated/α-hetero) is 1. The molecular formula is C13H20NO4P. The zero-order valence-corrected chi connectivity index (χ0v) is 12.1. The van der Waals surface area contributed by atoms with Crippen LogP contribution in [-0.2, 0) is 13.6 Å². The zero-order chi connectivity index (χ0) is 14.3. The monoisotopic (exact) mass is 285 g/mol. The van der Waals surface area contributed by atoms with Gasteiger partial charge >= 0.3 is 7.60 Å². The molecule has 0 bridgehead atoms. The smallest absolute Gasteiger partial charge is 0.317 e. The molecule has 0 radical (unpaired) electrons. The van der Waals surface area contributed by atoms with Gasteiger partial charge in [0.1, 0.15) is 5.78 Å². The van der Waals surface area contributed by atoms with Crippen LogP contribution >= 0.6 is 7.60 Å². The van der Waals surface area contributed by atoms with Gasteiger partial charge in [0.2, 0.25) is 0 Å². The third-order valence-electron chi connectivity index (χ3n) is 2.51. The quantitative estimate of drug-likeness (QED) is 0.587. The van der Waals surface area contributed by atoms with E-state index in [1.807, 2.05) is 6.07 Å². The first-order chi connectivity index (χ1) is 9.03. The molecule has 0 aliphatic carbocycles. The summed E-state index contributed by atoms with van der Waals surface area (Å²) in [5.74, 6) is -1.12. The molecule has 0 aliphatic heterocycles. The molecule has 0 spiro atoms. The minimum Gasteiger partial charge on any atom is -0.317 e. The predicted octanol–water partition coefficient (Wildman–Crippen LogP) is 2.81. The van der Waals surface area contributed by atoms with Crippen LogP contribution in [0.25, 0.3) is 0 Å². The number of nitrogens with two attached hydrogens (primary N) is 1. The highest BCUT2D eigenvalue weighted by molar-refractivity contribution is 7.54. The largest absolute Gasteiger partial charge is 0.347 e. The molecule has 1 rings (SSSR count). The summed E-state index contributed by atoms with van der Waals surface area (Å²) in [7, 11) is -3.43. The molecule has 0 saturated carbocycles.